The summed E-state index contributed by atoms with van der Waals surface area (Å²) in [4.78, 5) is 16.7. The van der Waals surface area contributed by atoms with E-state index in [4.69, 9.17) is 15.0 Å². The summed E-state index contributed by atoms with van der Waals surface area (Å²) in [5.74, 6) is 3.32. The van der Waals surface area contributed by atoms with E-state index < -0.39 is 0 Å². The molecule has 7 aromatic rings. The molecule has 0 radical (unpaired) electrons. The number of hydrogen-bond acceptors (Lipinski definition) is 4. The second kappa shape index (κ2) is 10.9. The third-order valence-corrected chi connectivity index (χ3v) is 11.8. The Morgan fingerprint density at radius 1 is 0.745 bits per heavy atom. The van der Waals surface area contributed by atoms with Crippen molar-refractivity contribution in [1.29, 1.82) is 0 Å². The van der Waals surface area contributed by atoms with Crippen molar-refractivity contribution in [1.82, 2.24) is 19.5 Å². The summed E-state index contributed by atoms with van der Waals surface area (Å²) in [6.07, 6.45) is 12.3. The van der Waals surface area contributed by atoms with Gasteiger partial charge in [0.15, 0.2) is 11.6 Å². The third-order valence-electron chi connectivity index (χ3n) is 10.6. The fourth-order valence-electron chi connectivity index (χ4n) is 7.57. The molecule has 0 aliphatic heterocycles. The van der Waals surface area contributed by atoms with Crippen LogP contribution < -0.4 is 0 Å². The van der Waals surface area contributed by atoms with E-state index in [1.807, 2.05) is 29.5 Å². The molecule has 230 valence electrons. The molecule has 2 aliphatic carbocycles. The first-order valence-corrected chi connectivity index (χ1v) is 17.5. The van der Waals surface area contributed by atoms with Gasteiger partial charge in [-0.15, -0.1) is 11.3 Å². The maximum atomic E-state index is 5.18. The van der Waals surface area contributed by atoms with Gasteiger partial charge < -0.3 is 4.57 Å². The van der Waals surface area contributed by atoms with Crippen molar-refractivity contribution in [3.05, 3.63) is 125 Å². The van der Waals surface area contributed by atoms with Crippen molar-refractivity contribution < 1.29 is 0 Å². The number of hydrogen-bond donors (Lipinski definition) is 0. The van der Waals surface area contributed by atoms with Gasteiger partial charge in [-0.2, -0.15) is 0 Å². The fraction of sp³-hybridized carbons (Fsp3) is 0.214. The van der Waals surface area contributed by atoms with E-state index in [1.54, 1.807) is 0 Å². The van der Waals surface area contributed by atoms with Crippen LogP contribution in [0.1, 0.15) is 49.9 Å². The standard InChI is InChI=1S/C42H36N4S/c1-26-16-23-36-34(25-26)33-22-21-32-31-14-7-8-15-35(31)46(37(32)38(33)47-36)30-19-17-29(18-20-30)40-43-39(28-12-5-4-6-13-28)44-41(45-40)42(3)24-10-9-11-27(42)2/h4-10,12-23,26-27H,11,24-25H2,1-3H3. The lowest BCUT2D eigenvalue weighted by Gasteiger charge is -2.35. The van der Waals surface area contributed by atoms with Crippen LogP contribution in [0.15, 0.2) is 109 Å². The van der Waals surface area contributed by atoms with Crippen LogP contribution in [0.4, 0.5) is 0 Å². The maximum absolute atomic E-state index is 5.18. The summed E-state index contributed by atoms with van der Waals surface area (Å²) in [6, 6.07) is 32.6. The van der Waals surface area contributed by atoms with Crippen molar-refractivity contribution in [2.75, 3.05) is 0 Å². The molecule has 9 rings (SSSR count). The highest BCUT2D eigenvalue weighted by Gasteiger charge is 2.37. The minimum absolute atomic E-state index is 0.156. The monoisotopic (exact) mass is 628 g/mol. The topological polar surface area (TPSA) is 43.6 Å². The van der Waals surface area contributed by atoms with Crippen LogP contribution in [0.5, 0.6) is 0 Å². The third kappa shape index (κ3) is 4.51. The average Bonchev–Trinajstić information content (AvgIpc) is 3.65. The molecule has 47 heavy (non-hydrogen) atoms. The molecule has 0 spiro atoms. The van der Waals surface area contributed by atoms with Crippen LogP contribution in [0.3, 0.4) is 0 Å². The molecule has 4 aromatic carbocycles. The van der Waals surface area contributed by atoms with Crippen LogP contribution in [0.2, 0.25) is 0 Å². The van der Waals surface area contributed by atoms with Gasteiger partial charge in [0.2, 0.25) is 0 Å². The molecule has 2 aliphatic rings. The van der Waals surface area contributed by atoms with Gasteiger partial charge in [0.25, 0.3) is 0 Å². The lowest BCUT2D eigenvalue weighted by Crippen LogP contribution is -2.34. The highest BCUT2D eigenvalue weighted by Crippen LogP contribution is 2.44. The number of aromatic nitrogens is 4. The van der Waals surface area contributed by atoms with Crippen molar-refractivity contribution in [3.8, 4) is 28.5 Å². The van der Waals surface area contributed by atoms with Crippen LogP contribution in [-0.4, -0.2) is 19.5 Å². The Morgan fingerprint density at radius 3 is 2.26 bits per heavy atom. The van der Waals surface area contributed by atoms with Crippen LogP contribution >= 0.6 is 11.3 Å². The first-order valence-electron chi connectivity index (χ1n) is 16.7. The number of fused-ring (bicyclic) bond motifs is 7. The quantitative estimate of drug-likeness (QED) is 0.182. The van der Waals surface area contributed by atoms with Gasteiger partial charge in [-0.05, 0) is 78.5 Å². The number of para-hydroxylation sites is 1. The van der Waals surface area contributed by atoms with Gasteiger partial charge in [0.05, 0.1) is 15.7 Å². The number of benzene rings is 4. The molecule has 0 saturated heterocycles. The Bertz CT molecular complexity index is 2380. The zero-order valence-electron chi connectivity index (χ0n) is 26.9. The molecule has 3 heterocycles. The average molecular weight is 629 g/mol. The molecule has 5 heteroatoms. The highest BCUT2D eigenvalue weighted by atomic mass is 32.1. The Balaban J connectivity index is 1.21. The summed E-state index contributed by atoms with van der Waals surface area (Å²) >= 11 is 1.93. The molecule has 0 amide bonds. The Labute approximate surface area is 279 Å². The molecule has 0 N–H and O–H groups in total. The zero-order chi connectivity index (χ0) is 31.7. The molecule has 4 nitrogen and oxygen atoms in total. The lowest BCUT2D eigenvalue weighted by molar-refractivity contribution is 0.289. The van der Waals surface area contributed by atoms with Crippen molar-refractivity contribution in [2.45, 2.75) is 45.4 Å². The second-order valence-electron chi connectivity index (χ2n) is 13.6. The van der Waals surface area contributed by atoms with E-state index in [-0.39, 0.29) is 5.41 Å². The summed E-state index contributed by atoms with van der Waals surface area (Å²) in [7, 11) is 0. The van der Waals surface area contributed by atoms with Gasteiger partial charge in [-0.25, -0.2) is 15.0 Å². The minimum atomic E-state index is -0.156. The molecule has 3 unspecified atom stereocenters. The minimum Gasteiger partial charge on any atom is -0.308 e. The normalized spacial score (nSPS) is 20.7. The van der Waals surface area contributed by atoms with Gasteiger partial charge in [-0.3, -0.25) is 0 Å². The largest absolute Gasteiger partial charge is 0.308 e. The molecule has 3 aromatic heterocycles. The number of allylic oxidation sites excluding steroid dienone is 3. The number of rotatable bonds is 4. The fourth-order valence-corrected chi connectivity index (χ4v) is 8.85. The van der Waals surface area contributed by atoms with E-state index in [0.717, 1.165) is 53.5 Å². The molecule has 0 bridgehead atoms. The Morgan fingerprint density at radius 2 is 1.47 bits per heavy atom. The molecular weight excluding hydrogens is 593 g/mol. The van der Waals surface area contributed by atoms with Crippen molar-refractivity contribution in [2.24, 2.45) is 11.8 Å². The zero-order valence-corrected chi connectivity index (χ0v) is 27.8. The summed E-state index contributed by atoms with van der Waals surface area (Å²) in [5, 5.41) is 3.97. The molecule has 0 saturated carbocycles. The summed E-state index contributed by atoms with van der Waals surface area (Å²) in [6.45, 7) is 6.93. The van der Waals surface area contributed by atoms with Crippen molar-refractivity contribution in [3.63, 3.8) is 0 Å². The smallest absolute Gasteiger partial charge is 0.163 e. The maximum Gasteiger partial charge on any atom is 0.163 e. The van der Waals surface area contributed by atoms with E-state index >= 15 is 0 Å². The lowest BCUT2D eigenvalue weighted by atomic mass is 9.70. The van der Waals surface area contributed by atoms with Crippen LogP contribution in [0, 0.1) is 11.8 Å². The Hall–Kier alpha value is -4.87. The highest BCUT2D eigenvalue weighted by molar-refractivity contribution is 7.21. The van der Waals surface area contributed by atoms with E-state index in [2.05, 4.69) is 122 Å². The number of nitrogens with zero attached hydrogens (tertiary/aromatic N) is 4. The van der Waals surface area contributed by atoms with Crippen LogP contribution in [-0.2, 0) is 11.8 Å². The van der Waals surface area contributed by atoms with E-state index in [1.165, 1.54) is 42.3 Å². The SMILES string of the molecule is CC1C=Cc2sc3c(ccc4c5ccccc5n(-c5ccc(-c6nc(-c7ccccc7)nc(C7(C)CC=CCC7C)n6)cc5)c43)c2C1. The number of thiophene rings is 1. The molecule has 3 atom stereocenters. The second-order valence-corrected chi connectivity index (χ2v) is 14.7. The summed E-state index contributed by atoms with van der Waals surface area (Å²) < 4.78 is 3.82. The van der Waals surface area contributed by atoms with E-state index in [0.29, 0.717) is 11.8 Å². The van der Waals surface area contributed by atoms with Gasteiger partial charge in [0, 0.05) is 37.9 Å². The van der Waals surface area contributed by atoms with E-state index in [9.17, 15) is 0 Å². The van der Waals surface area contributed by atoms with Gasteiger partial charge in [-0.1, -0.05) is 99.7 Å². The van der Waals surface area contributed by atoms with Crippen molar-refractivity contribution >= 4 is 49.3 Å². The van der Waals surface area contributed by atoms with Gasteiger partial charge in [0.1, 0.15) is 5.82 Å². The van der Waals surface area contributed by atoms with Crippen LogP contribution in [0.25, 0.3) is 66.4 Å². The van der Waals surface area contributed by atoms with Gasteiger partial charge >= 0.3 is 0 Å². The predicted octanol–water partition coefficient (Wildman–Crippen LogP) is 11.0. The molecular formula is C42H36N4S. The Kier molecular flexibility index (Phi) is 6.55. The summed E-state index contributed by atoms with van der Waals surface area (Å²) in [5.41, 5.74) is 6.99. The molecule has 0 fully saturated rings. The first-order chi connectivity index (χ1) is 23.0. The first kappa shape index (κ1) is 28.4. The predicted molar refractivity (Wildman–Crippen MR) is 197 cm³/mol.